The topological polar surface area (TPSA) is 65.7 Å². The maximum Gasteiger partial charge on any atom is 0.338 e. The van der Waals surface area contributed by atoms with Gasteiger partial charge in [0.1, 0.15) is 17.9 Å². The summed E-state index contributed by atoms with van der Waals surface area (Å²) in [6, 6.07) is 13.4. The Balaban J connectivity index is 1.78. The van der Waals surface area contributed by atoms with Crippen molar-refractivity contribution in [2.24, 2.45) is 0 Å². The van der Waals surface area contributed by atoms with Gasteiger partial charge in [-0.1, -0.05) is 15.9 Å². The Hall–Kier alpha value is -2.60. The fourth-order valence-electron chi connectivity index (χ4n) is 2.40. The first kappa shape index (κ1) is 17.2. The van der Waals surface area contributed by atoms with Gasteiger partial charge in [0.05, 0.1) is 12.2 Å². The first-order chi connectivity index (χ1) is 12.1. The van der Waals surface area contributed by atoms with E-state index in [2.05, 4.69) is 15.9 Å². The molecule has 0 atom stereocenters. The molecule has 1 heterocycles. The van der Waals surface area contributed by atoms with Crippen molar-refractivity contribution in [3.05, 3.63) is 74.6 Å². The van der Waals surface area contributed by atoms with Crippen molar-refractivity contribution < 1.29 is 18.7 Å². The van der Waals surface area contributed by atoms with Crippen molar-refractivity contribution in [1.82, 2.24) is 0 Å². The molecule has 3 aromatic rings. The highest BCUT2D eigenvalue weighted by Crippen LogP contribution is 2.22. The summed E-state index contributed by atoms with van der Waals surface area (Å²) in [6.45, 7) is 2.43. The Kier molecular flexibility index (Phi) is 5.19. The van der Waals surface area contributed by atoms with Gasteiger partial charge in [0.25, 0.3) is 0 Å². The minimum Gasteiger partial charge on any atom is -0.494 e. The van der Waals surface area contributed by atoms with E-state index in [1.807, 2.05) is 19.1 Å². The van der Waals surface area contributed by atoms with E-state index in [1.54, 1.807) is 30.3 Å². The highest BCUT2D eigenvalue weighted by Gasteiger charge is 2.11. The minimum atomic E-state index is -0.488. The van der Waals surface area contributed by atoms with Gasteiger partial charge in [-0.05, 0) is 49.4 Å². The van der Waals surface area contributed by atoms with E-state index in [4.69, 9.17) is 13.9 Å². The lowest BCUT2D eigenvalue weighted by Gasteiger charge is -2.08. The molecule has 3 rings (SSSR count). The Labute approximate surface area is 152 Å². The molecule has 0 saturated carbocycles. The summed E-state index contributed by atoms with van der Waals surface area (Å²) >= 11 is 3.33. The first-order valence-electron chi connectivity index (χ1n) is 7.69. The fraction of sp³-hybridized carbons (Fsp3) is 0.158. The van der Waals surface area contributed by atoms with Gasteiger partial charge < -0.3 is 13.9 Å². The quantitative estimate of drug-likeness (QED) is 0.469. The van der Waals surface area contributed by atoms with E-state index in [0.29, 0.717) is 29.1 Å². The summed E-state index contributed by atoms with van der Waals surface area (Å²) in [5.41, 5.74) is 0.961. The normalized spacial score (nSPS) is 10.6. The van der Waals surface area contributed by atoms with Crippen LogP contribution < -0.4 is 10.4 Å². The smallest absolute Gasteiger partial charge is 0.338 e. The molecule has 25 heavy (non-hydrogen) atoms. The number of esters is 1. The van der Waals surface area contributed by atoms with Crippen molar-refractivity contribution >= 4 is 32.9 Å². The third kappa shape index (κ3) is 4.09. The first-order valence-corrected chi connectivity index (χ1v) is 8.48. The van der Waals surface area contributed by atoms with Crippen LogP contribution in [0.3, 0.4) is 0 Å². The molecule has 0 radical (unpaired) electrons. The number of fused-ring (bicyclic) bond motifs is 1. The summed E-state index contributed by atoms with van der Waals surface area (Å²) in [7, 11) is 0. The Morgan fingerprint density at radius 2 is 1.88 bits per heavy atom. The molecule has 0 aliphatic carbocycles. The molecule has 1 aromatic heterocycles. The van der Waals surface area contributed by atoms with Crippen LogP contribution in [0, 0.1) is 0 Å². The van der Waals surface area contributed by atoms with Crippen LogP contribution in [-0.4, -0.2) is 12.6 Å². The number of benzene rings is 2. The molecule has 128 valence electrons. The predicted octanol–water partition coefficient (Wildman–Crippen LogP) is 4.31. The van der Waals surface area contributed by atoms with E-state index in [9.17, 15) is 9.59 Å². The van der Waals surface area contributed by atoms with E-state index < -0.39 is 11.6 Å². The third-order valence-electron chi connectivity index (χ3n) is 3.55. The molecule has 5 nitrogen and oxygen atoms in total. The summed E-state index contributed by atoms with van der Waals surface area (Å²) in [5.74, 6) is 0.220. The lowest BCUT2D eigenvalue weighted by atomic mass is 10.1. The van der Waals surface area contributed by atoms with Crippen LogP contribution in [0.2, 0.25) is 0 Å². The maximum atomic E-state index is 12.2. The van der Waals surface area contributed by atoms with Gasteiger partial charge in [0.2, 0.25) is 0 Å². The lowest BCUT2D eigenvalue weighted by Crippen LogP contribution is -2.08. The van der Waals surface area contributed by atoms with Crippen LogP contribution >= 0.6 is 15.9 Å². The predicted molar refractivity (Wildman–Crippen MR) is 96.9 cm³/mol. The van der Waals surface area contributed by atoms with Crippen molar-refractivity contribution in [2.75, 3.05) is 6.61 Å². The van der Waals surface area contributed by atoms with Crippen LogP contribution in [0.1, 0.15) is 22.8 Å². The van der Waals surface area contributed by atoms with Crippen molar-refractivity contribution in [3.63, 3.8) is 0 Å². The molecule has 0 aliphatic heterocycles. The summed E-state index contributed by atoms with van der Waals surface area (Å²) in [5, 5.41) is 0.724. The fourth-order valence-corrected chi connectivity index (χ4v) is 2.74. The zero-order valence-corrected chi connectivity index (χ0v) is 15.0. The van der Waals surface area contributed by atoms with Gasteiger partial charge in [0.15, 0.2) is 0 Å². The Morgan fingerprint density at radius 1 is 1.12 bits per heavy atom. The van der Waals surface area contributed by atoms with Crippen LogP contribution in [0.15, 0.2) is 62.2 Å². The maximum absolute atomic E-state index is 12.2. The van der Waals surface area contributed by atoms with Crippen molar-refractivity contribution in [2.45, 2.75) is 13.5 Å². The van der Waals surface area contributed by atoms with Gasteiger partial charge in [0, 0.05) is 21.5 Å². The number of rotatable bonds is 5. The van der Waals surface area contributed by atoms with Gasteiger partial charge in [-0.25, -0.2) is 9.59 Å². The lowest BCUT2D eigenvalue weighted by molar-refractivity contribution is 0.0474. The van der Waals surface area contributed by atoms with Crippen LogP contribution in [0.25, 0.3) is 11.0 Å². The van der Waals surface area contributed by atoms with Crippen molar-refractivity contribution in [1.29, 1.82) is 0 Å². The standard InChI is InChI=1S/C19H15BrO5/c1-2-23-15-6-3-12(4-7-15)19(22)24-11-13-9-18(21)25-17-10-14(20)5-8-16(13)17/h3-10H,2,11H2,1H3. The Bertz CT molecular complexity index is 960. The van der Waals surface area contributed by atoms with Crippen LogP contribution in [-0.2, 0) is 11.3 Å². The average Bonchev–Trinajstić information content (AvgIpc) is 2.59. The van der Waals surface area contributed by atoms with Gasteiger partial charge in [-0.2, -0.15) is 0 Å². The average molecular weight is 403 g/mol. The molecule has 0 aliphatic rings. The minimum absolute atomic E-state index is 0.0181. The van der Waals surface area contributed by atoms with Crippen molar-refractivity contribution in [3.8, 4) is 5.75 Å². The van der Waals surface area contributed by atoms with Crippen LogP contribution in [0.5, 0.6) is 5.75 Å². The summed E-state index contributed by atoms with van der Waals surface area (Å²) in [6.07, 6.45) is 0. The molecule has 6 heteroatoms. The molecule has 0 spiro atoms. The highest BCUT2D eigenvalue weighted by atomic mass is 79.9. The molecular formula is C19H15BrO5. The second-order valence-electron chi connectivity index (χ2n) is 5.26. The second kappa shape index (κ2) is 7.53. The molecule has 0 amide bonds. The number of hydrogen-bond acceptors (Lipinski definition) is 5. The van der Waals surface area contributed by atoms with E-state index in [-0.39, 0.29) is 6.61 Å². The van der Waals surface area contributed by atoms with Gasteiger partial charge in [-0.3, -0.25) is 0 Å². The molecule has 0 bridgehead atoms. The number of carbonyl (C=O) groups excluding carboxylic acids is 1. The summed E-state index contributed by atoms with van der Waals surface area (Å²) in [4.78, 5) is 23.9. The number of hydrogen-bond donors (Lipinski definition) is 0. The summed E-state index contributed by atoms with van der Waals surface area (Å²) < 4.78 is 16.6. The molecule has 2 aromatic carbocycles. The number of halogens is 1. The Morgan fingerprint density at radius 3 is 2.60 bits per heavy atom. The zero-order chi connectivity index (χ0) is 17.8. The van der Waals surface area contributed by atoms with E-state index >= 15 is 0 Å². The molecule has 0 N–H and O–H groups in total. The van der Waals surface area contributed by atoms with E-state index in [0.717, 1.165) is 9.86 Å². The SMILES string of the molecule is CCOc1ccc(C(=O)OCc2cc(=O)oc3cc(Br)ccc23)cc1. The molecule has 0 saturated heterocycles. The largest absolute Gasteiger partial charge is 0.494 e. The van der Waals surface area contributed by atoms with Crippen LogP contribution in [0.4, 0.5) is 0 Å². The van der Waals surface area contributed by atoms with Gasteiger partial charge in [-0.15, -0.1) is 0 Å². The van der Waals surface area contributed by atoms with E-state index in [1.165, 1.54) is 6.07 Å². The van der Waals surface area contributed by atoms with Gasteiger partial charge >= 0.3 is 11.6 Å². The molecule has 0 fully saturated rings. The molecular weight excluding hydrogens is 388 g/mol. The highest BCUT2D eigenvalue weighted by molar-refractivity contribution is 9.10. The number of ether oxygens (including phenoxy) is 2. The monoisotopic (exact) mass is 402 g/mol. The third-order valence-corrected chi connectivity index (χ3v) is 4.05. The number of carbonyl (C=O) groups is 1. The second-order valence-corrected chi connectivity index (χ2v) is 6.18. The molecule has 0 unspecified atom stereocenters. The zero-order valence-electron chi connectivity index (χ0n) is 13.5.